The standard InChI is InChI=1S/C18H22ClN/c1-3-12-20-18(15-10-8-14(2)9-11-15)13-16-6-4-5-7-17(16)19/h4-11,18,20H,3,12-13H2,1-2H3. The largest absolute Gasteiger partial charge is 0.310 e. The van der Waals surface area contributed by atoms with Crippen LogP contribution in [-0.2, 0) is 6.42 Å². The quantitative estimate of drug-likeness (QED) is 0.794. The summed E-state index contributed by atoms with van der Waals surface area (Å²) in [5, 5.41) is 4.47. The minimum absolute atomic E-state index is 0.315. The fourth-order valence-corrected chi connectivity index (χ4v) is 2.52. The first-order chi connectivity index (χ1) is 9.70. The number of benzene rings is 2. The highest BCUT2D eigenvalue weighted by molar-refractivity contribution is 6.31. The molecule has 0 aliphatic heterocycles. The zero-order valence-electron chi connectivity index (χ0n) is 12.2. The molecule has 2 aromatic carbocycles. The van der Waals surface area contributed by atoms with Gasteiger partial charge in [0.15, 0.2) is 0 Å². The summed E-state index contributed by atoms with van der Waals surface area (Å²) in [6.07, 6.45) is 2.05. The van der Waals surface area contributed by atoms with Gasteiger partial charge in [-0.25, -0.2) is 0 Å². The van der Waals surface area contributed by atoms with Crippen molar-refractivity contribution in [3.8, 4) is 0 Å². The van der Waals surface area contributed by atoms with E-state index in [2.05, 4.69) is 49.5 Å². The Hall–Kier alpha value is -1.31. The summed E-state index contributed by atoms with van der Waals surface area (Å²) in [6.45, 7) is 5.32. The van der Waals surface area contributed by atoms with E-state index in [1.807, 2.05) is 18.2 Å². The van der Waals surface area contributed by atoms with Gasteiger partial charge in [-0.2, -0.15) is 0 Å². The number of nitrogens with one attached hydrogen (secondary N) is 1. The van der Waals surface area contributed by atoms with Crippen LogP contribution >= 0.6 is 11.6 Å². The summed E-state index contributed by atoms with van der Waals surface area (Å²) < 4.78 is 0. The van der Waals surface area contributed by atoms with E-state index >= 15 is 0 Å². The van der Waals surface area contributed by atoms with Crippen LogP contribution in [0.25, 0.3) is 0 Å². The molecule has 2 rings (SSSR count). The van der Waals surface area contributed by atoms with Crippen molar-refractivity contribution in [2.24, 2.45) is 0 Å². The van der Waals surface area contributed by atoms with Crippen molar-refractivity contribution >= 4 is 11.6 Å². The van der Waals surface area contributed by atoms with Crippen LogP contribution in [0.4, 0.5) is 0 Å². The van der Waals surface area contributed by atoms with Gasteiger partial charge in [0.05, 0.1) is 0 Å². The molecule has 1 nitrogen and oxygen atoms in total. The maximum Gasteiger partial charge on any atom is 0.0438 e. The monoisotopic (exact) mass is 287 g/mol. The minimum atomic E-state index is 0.315. The van der Waals surface area contributed by atoms with Crippen LogP contribution in [0.15, 0.2) is 48.5 Å². The van der Waals surface area contributed by atoms with E-state index in [-0.39, 0.29) is 0 Å². The van der Waals surface area contributed by atoms with Crippen LogP contribution < -0.4 is 5.32 Å². The van der Waals surface area contributed by atoms with Gasteiger partial charge in [0.2, 0.25) is 0 Å². The van der Waals surface area contributed by atoms with Crippen molar-refractivity contribution < 1.29 is 0 Å². The number of halogens is 1. The lowest BCUT2D eigenvalue weighted by atomic mass is 9.98. The Bertz CT molecular complexity index is 533. The smallest absolute Gasteiger partial charge is 0.0438 e. The molecule has 1 atom stereocenters. The summed E-state index contributed by atoms with van der Waals surface area (Å²) in [4.78, 5) is 0. The number of hydrogen-bond donors (Lipinski definition) is 1. The summed E-state index contributed by atoms with van der Waals surface area (Å²) in [7, 11) is 0. The lowest BCUT2D eigenvalue weighted by molar-refractivity contribution is 0.529. The molecule has 0 fully saturated rings. The van der Waals surface area contributed by atoms with Crippen LogP contribution in [0.2, 0.25) is 5.02 Å². The van der Waals surface area contributed by atoms with Gasteiger partial charge in [0, 0.05) is 11.1 Å². The lowest BCUT2D eigenvalue weighted by Crippen LogP contribution is -2.24. The lowest BCUT2D eigenvalue weighted by Gasteiger charge is -2.20. The number of aryl methyl sites for hydroxylation is 1. The molecular formula is C18H22ClN. The zero-order chi connectivity index (χ0) is 14.4. The van der Waals surface area contributed by atoms with Crippen LogP contribution in [0.3, 0.4) is 0 Å². The van der Waals surface area contributed by atoms with Gasteiger partial charge in [-0.15, -0.1) is 0 Å². The Morgan fingerprint density at radius 1 is 1.05 bits per heavy atom. The molecule has 0 spiro atoms. The second-order valence-electron chi connectivity index (χ2n) is 5.21. The molecule has 20 heavy (non-hydrogen) atoms. The molecule has 106 valence electrons. The molecular weight excluding hydrogens is 266 g/mol. The molecule has 1 unspecified atom stereocenters. The van der Waals surface area contributed by atoms with Crippen molar-refractivity contribution in [3.05, 3.63) is 70.2 Å². The Morgan fingerprint density at radius 2 is 1.75 bits per heavy atom. The fourth-order valence-electron chi connectivity index (χ4n) is 2.31. The molecule has 0 saturated carbocycles. The molecule has 0 aliphatic rings. The van der Waals surface area contributed by atoms with Gasteiger partial charge in [0.25, 0.3) is 0 Å². The highest BCUT2D eigenvalue weighted by Gasteiger charge is 2.12. The third kappa shape index (κ3) is 4.09. The number of rotatable bonds is 6. The summed E-state index contributed by atoms with van der Waals surface area (Å²) in [5.41, 5.74) is 3.81. The van der Waals surface area contributed by atoms with Crippen LogP contribution in [0, 0.1) is 6.92 Å². The molecule has 2 heteroatoms. The summed E-state index contributed by atoms with van der Waals surface area (Å²) in [5.74, 6) is 0. The van der Waals surface area contributed by atoms with Crippen molar-refractivity contribution in [2.45, 2.75) is 32.7 Å². The van der Waals surface area contributed by atoms with E-state index < -0.39 is 0 Å². The average molecular weight is 288 g/mol. The first kappa shape index (κ1) is 15.1. The van der Waals surface area contributed by atoms with Gasteiger partial charge in [-0.1, -0.05) is 66.6 Å². The maximum atomic E-state index is 6.29. The third-order valence-corrected chi connectivity index (χ3v) is 3.87. The first-order valence-electron chi connectivity index (χ1n) is 7.24. The van der Waals surface area contributed by atoms with E-state index in [1.54, 1.807) is 0 Å². The molecule has 1 N–H and O–H groups in total. The van der Waals surface area contributed by atoms with E-state index in [1.165, 1.54) is 16.7 Å². The van der Waals surface area contributed by atoms with E-state index in [9.17, 15) is 0 Å². The molecule has 0 aliphatic carbocycles. The van der Waals surface area contributed by atoms with Gasteiger partial charge in [0.1, 0.15) is 0 Å². The zero-order valence-corrected chi connectivity index (χ0v) is 13.0. The highest BCUT2D eigenvalue weighted by atomic mass is 35.5. The molecule has 2 aromatic rings. The van der Waals surface area contributed by atoms with Crippen molar-refractivity contribution in [3.63, 3.8) is 0 Å². The summed E-state index contributed by atoms with van der Waals surface area (Å²) >= 11 is 6.29. The second-order valence-corrected chi connectivity index (χ2v) is 5.62. The van der Waals surface area contributed by atoms with Crippen molar-refractivity contribution in [1.82, 2.24) is 5.32 Å². The molecule has 0 radical (unpaired) electrons. The van der Waals surface area contributed by atoms with E-state index in [4.69, 9.17) is 11.6 Å². The van der Waals surface area contributed by atoms with Crippen LogP contribution in [0.1, 0.15) is 36.1 Å². The average Bonchev–Trinajstić information content (AvgIpc) is 2.46. The van der Waals surface area contributed by atoms with Crippen LogP contribution in [0.5, 0.6) is 0 Å². The fraction of sp³-hybridized carbons (Fsp3) is 0.333. The Labute approximate surface area is 127 Å². The van der Waals surface area contributed by atoms with Gasteiger partial charge in [-0.3, -0.25) is 0 Å². The van der Waals surface area contributed by atoms with E-state index in [0.29, 0.717) is 6.04 Å². The van der Waals surface area contributed by atoms with Crippen molar-refractivity contribution in [1.29, 1.82) is 0 Å². The summed E-state index contributed by atoms with van der Waals surface area (Å²) in [6, 6.07) is 17.2. The van der Waals surface area contributed by atoms with Crippen molar-refractivity contribution in [2.75, 3.05) is 6.54 Å². The highest BCUT2D eigenvalue weighted by Crippen LogP contribution is 2.23. The molecule has 0 bridgehead atoms. The van der Waals surface area contributed by atoms with E-state index in [0.717, 1.165) is 24.4 Å². The number of hydrogen-bond acceptors (Lipinski definition) is 1. The molecule has 0 amide bonds. The normalized spacial score (nSPS) is 12.3. The third-order valence-electron chi connectivity index (χ3n) is 3.50. The molecule has 0 aromatic heterocycles. The maximum absolute atomic E-state index is 6.29. The Balaban J connectivity index is 2.19. The van der Waals surface area contributed by atoms with Crippen LogP contribution in [-0.4, -0.2) is 6.54 Å². The SMILES string of the molecule is CCCNC(Cc1ccccc1Cl)c1ccc(C)cc1. The topological polar surface area (TPSA) is 12.0 Å². The van der Waals surface area contributed by atoms with Gasteiger partial charge in [-0.05, 0) is 43.5 Å². The minimum Gasteiger partial charge on any atom is -0.310 e. The predicted octanol–water partition coefficient (Wildman–Crippen LogP) is 4.93. The van der Waals surface area contributed by atoms with Gasteiger partial charge < -0.3 is 5.32 Å². The first-order valence-corrected chi connectivity index (χ1v) is 7.62. The second kappa shape index (κ2) is 7.47. The molecule has 0 heterocycles. The molecule has 0 saturated heterocycles. The van der Waals surface area contributed by atoms with Gasteiger partial charge >= 0.3 is 0 Å². The predicted molar refractivity (Wildman–Crippen MR) is 87.4 cm³/mol. The Morgan fingerprint density at radius 3 is 2.40 bits per heavy atom. The Kier molecular flexibility index (Phi) is 5.63.